The summed E-state index contributed by atoms with van der Waals surface area (Å²) in [5.41, 5.74) is 2.16. The molecule has 3 aromatic rings. The molecule has 4 rings (SSSR count). The number of piperazine rings is 1. The maximum Gasteiger partial charge on any atom is 0.257 e. The lowest BCUT2D eigenvalue weighted by Crippen LogP contribution is -2.48. The molecule has 0 radical (unpaired) electrons. The Balaban J connectivity index is 1.20. The largest absolute Gasteiger partial charge is 0.484 e. The lowest BCUT2D eigenvalue weighted by molar-refractivity contribution is -0.123. The number of nitrogens with one attached hydrogen (secondary N) is 1. The highest BCUT2D eigenvalue weighted by molar-refractivity contribution is 7.22. The van der Waals surface area contributed by atoms with E-state index < -0.39 is 0 Å². The minimum atomic E-state index is -0.0980. The van der Waals surface area contributed by atoms with E-state index in [0.29, 0.717) is 12.3 Å². The summed E-state index contributed by atoms with van der Waals surface area (Å²) in [6.45, 7) is 7.28. The monoisotopic (exact) mass is 444 g/mol. The lowest BCUT2D eigenvalue weighted by atomic mass is 10.2. The number of nitrogens with zero attached hydrogens (tertiary/aromatic N) is 3. The van der Waals surface area contributed by atoms with Crippen molar-refractivity contribution >= 4 is 44.2 Å². The topological polar surface area (TPSA) is 57.7 Å². The summed E-state index contributed by atoms with van der Waals surface area (Å²) in [6.07, 6.45) is 0. The predicted molar refractivity (Wildman–Crippen MR) is 123 cm³/mol. The van der Waals surface area contributed by atoms with E-state index in [1.807, 2.05) is 42.5 Å². The standard InChI is InChI=1S/C22H25ClN4O2S/c1-16-7-8-18(23)21-20(16)25-22(30-21)27-13-11-26(12-14-27)10-9-24-19(28)15-29-17-5-3-2-4-6-17/h2-8H,9-15H2,1H3,(H,24,28). The van der Waals surface area contributed by atoms with Gasteiger partial charge in [-0.05, 0) is 30.7 Å². The number of thiazole rings is 1. The van der Waals surface area contributed by atoms with Crippen LogP contribution in [0, 0.1) is 6.92 Å². The van der Waals surface area contributed by atoms with Crippen LogP contribution in [0.1, 0.15) is 5.56 Å². The maximum atomic E-state index is 12.0. The number of hydrogen-bond acceptors (Lipinski definition) is 6. The zero-order valence-electron chi connectivity index (χ0n) is 16.9. The summed E-state index contributed by atoms with van der Waals surface area (Å²) in [5, 5.41) is 4.73. The van der Waals surface area contributed by atoms with Crippen molar-refractivity contribution in [2.75, 3.05) is 50.8 Å². The fourth-order valence-corrected chi connectivity index (χ4v) is 4.83. The first kappa shape index (κ1) is 20.9. The second kappa shape index (κ2) is 9.64. The minimum absolute atomic E-state index is 0.0391. The van der Waals surface area contributed by atoms with Crippen molar-refractivity contribution in [1.29, 1.82) is 0 Å². The van der Waals surface area contributed by atoms with Crippen molar-refractivity contribution in [1.82, 2.24) is 15.2 Å². The van der Waals surface area contributed by atoms with E-state index in [2.05, 4.69) is 22.0 Å². The maximum absolute atomic E-state index is 12.0. The van der Waals surface area contributed by atoms with Crippen LogP contribution in [0.4, 0.5) is 5.13 Å². The van der Waals surface area contributed by atoms with Gasteiger partial charge in [0.25, 0.3) is 5.91 Å². The number of fused-ring (bicyclic) bond motifs is 1. The lowest BCUT2D eigenvalue weighted by Gasteiger charge is -2.34. The number of anilines is 1. The first-order chi connectivity index (χ1) is 14.6. The van der Waals surface area contributed by atoms with Gasteiger partial charge < -0.3 is 15.0 Å². The molecule has 1 N–H and O–H groups in total. The summed E-state index contributed by atoms with van der Waals surface area (Å²) in [5.74, 6) is 0.606. The Morgan fingerprint density at radius 2 is 1.93 bits per heavy atom. The molecule has 6 nitrogen and oxygen atoms in total. The number of aromatic nitrogens is 1. The molecule has 1 aromatic heterocycles. The fraction of sp³-hybridized carbons (Fsp3) is 0.364. The van der Waals surface area contributed by atoms with Crippen LogP contribution in [0.25, 0.3) is 10.2 Å². The SMILES string of the molecule is Cc1ccc(Cl)c2sc(N3CCN(CCNC(=O)COc4ccccc4)CC3)nc12. The fourth-order valence-electron chi connectivity index (χ4n) is 3.46. The van der Waals surface area contributed by atoms with E-state index in [9.17, 15) is 4.79 Å². The number of hydrogen-bond donors (Lipinski definition) is 1. The van der Waals surface area contributed by atoms with Gasteiger partial charge in [-0.1, -0.05) is 47.2 Å². The van der Waals surface area contributed by atoms with Crippen molar-refractivity contribution in [3.8, 4) is 5.75 Å². The Morgan fingerprint density at radius 3 is 2.67 bits per heavy atom. The van der Waals surface area contributed by atoms with Gasteiger partial charge in [0.05, 0.1) is 15.2 Å². The molecule has 1 aliphatic rings. The van der Waals surface area contributed by atoms with Crippen molar-refractivity contribution in [2.24, 2.45) is 0 Å². The zero-order valence-corrected chi connectivity index (χ0v) is 18.5. The van der Waals surface area contributed by atoms with Crippen molar-refractivity contribution < 1.29 is 9.53 Å². The molecule has 2 aromatic carbocycles. The molecule has 8 heteroatoms. The second-order valence-electron chi connectivity index (χ2n) is 7.32. The van der Waals surface area contributed by atoms with Crippen LogP contribution >= 0.6 is 22.9 Å². The second-order valence-corrected chi connectivity index (χ2v) is 8.70. The van der Waals surface area contributed by atoms with Crippen molar-refractivity contribution in [3.63, 3.8) is 0 Å². The number of aryl methyl sites for hydroxylation is 1. The Labute approximate surface area is 185 Å². The molecule has 1 saturated heterocycles. The summed E-state index contributed by atoms with van der Waals surface area (Å²) >= 11 is 8.01. The van der Waals surface area contributed by atoms with Crippen LogP contribution in [-0.4, -0.2) is 61.7 Å². The molecule has 1 fully saturated rings. The van der Waals surface area contributed by atoms with Crippen LogP contribution in [0.5, 0.6) is 5.75 Å². The molecular weight excluding hydrogens is 420 g/mol. The van der Waals surface area contributed by atoms with Gasteiger partial charge in [0.1, 0.15) is 5.75 Å². The number of carbonyl (C=O) groups excluding carboxylic acids is 1. The molecule has 0 unspecified atom stereocenters. The third-order valence-corrected chi connectivity index (χ3v) is 6.77. The number of benzene rings is 2. The number of amides is 1. The van der Waals surface area contributed by atoms with Crippen LogP contribution < -0.4 is 15.0 Å². The van der Waals surface area contributed by atoms with E-state index in [-0.39, 0.29) is 12.5 Å². The highest BCUT2D eigenvalue weighted by Gasteiger charge is 2.20. The van der Waals surface area contributed by atoms with Crippen molar-refractivity contribution in [3.05, 3.63) is 53.1 Å². The molecule has 1 amide bonds. The summed E-state index contributed by atoms with van der Waals surface area (Å²) in [4.78, 5) is 21.5. The van der Waals surface area contributed by atoms with E-state index in [4.69, 9.17) is 21.3 Å². The number of halogens is 1. The molecule has 30 heavy (non-hydrogen) atoms. The predicted octanol–water partition coefficient (Wildman–Crippen LogP) is 3.58. The summed E-state index contributed by atoms with van der Waals surface area (Å²) < 4.78 is 6.53. The van der Waals surface area contributed by atoms with Crippen molar-refractivity contribution in [2.45, 2.75) is 6.92 Å². The first-order valence-electron chi connectivity index (χ1n) is 10.1. The third kappa shape index (κ3) is 5.03. The summed E-state index contributed by atoms with van der Waals surface area (Å²) in [6, 6.07) is 13.3. The van der Waals surface area contributed by atoms with Crippen LogP contribution in [0.15, 0.2) is 42.5 Å². The first-order valence-corrected chi connectivity index (χ1v) is 11.3. The van der Waals surface area contributed by atoms with Crippen LogP contribution in [0.2, 0.25) is 5.02 Å². The molecule has 0 atom stereocenters. The smallest absolute Gasteiger partial charge is 0.257 e. The van der Waals surface area contributed by atoms with Gasteiger partial charge in [-0.25, -0.2) is 4.98 Å². The van der Waals surface area contributed by atoms with Gasteiger partial charge in [-0.2, -0.15) is 0 Å². The molecule has 0 bridgehead atoms. The Hall–Kier alpha value is -2.35. The van der Waals surface area contributed by atoms with Gasteiger partial charge in [0.15, 0.2) is 11.7 Å². The van der Waals surface area contributed by atoms with E-state index >= 15 is 0 Å². The Morgan fingerprint density at radius 1 is 1.17 bits per heavy atom. The number of ether oxygens (including phenoxy) is 1. The van der Waals surface area contributed by atoms with Gasteiger partial charge in [-0.15, -0.1) is 0 Å². The average Bonchev–Trinajstić information content (AvgIpc) is 3.23. The normalized spacial score (nSPS) is 14.8. The van der Waals surface area contributed by atoms with Crippen LogP contribution in [0.3, 0.4) is 0 Å². The number of carbonyl (C=O) groups is 1. The molecule has 0 spiro atoms. The molecule has 1 aliphatic heterocycles. The Bertz CT molecular complexity index is 964. The van der Waals surface area contributed by atoms with Gasteiger partial charge >= 0.3 is 0 Å². The van der Waals surface area contributed by atoms with E-state index in [1.54, 1.807) is 11.3 Å². The minimum Gasteiger partial charge on any atom is -0.484 e. The quantitative estimate of drug-likeness (QED) is 0.603. The molecule has 0 aliphatic carbocycles. The molecule has 0 saturated carbocycles. The van der Waals surface area contributed by atoms with E-state index in [1.165, 1.54) is 0 Å². The average molecular weight is 445 g/mol. The van der Waals surface area contributed by atoms with Gasteiger partial charge in [0.2, 0.25) is 0 Å². The van der Waals surface area contributed by atoms with Crippen LogP contribution in [-0.2, 0) is 4.79 Å². The van der Waals surface area contributed by atoms with Gasteiger partial charge in [-0.3, -0.25) is 9.69 Å². The summed E-state index contributed by atoms with van der Waals surface area (Å²) in [7, 11) is 0. The molecule has 2 heterocycles. The number of rotatable bonds is 7. The third-order valence-electron chi connectivity index (χ3n) is 5.19. The molecule has 158 valence electrons. The zero-order chi connectivity index (χ0) is 20.9. The Kier molecular flexibility index (Phi) is 6.72. The number of para-hydroxylation sites is 1. The highest BCUT2D eigenvalue weighted by atomic mass is 35.5. The van der Waals surface area contributed by atoms with E-state index in [0.717, 1.165) is 58.7 Å². The molecular formula is C22H25ClN4O2S. The van der Waals surface area contributed by atoms with Gasteiger partial charge in [0, 0.05) is 39.3 Å². The highest BCUT2D eigenvalue weighted by Crippen LogP contribution is 2.35.